The van der Waals surface area contributed by atoms with E-state index in [9.17, 15) is 18.3 Å². The quantitative estimate of drug-likeness (QED) is 0.823. The number of esters is 1. The summed E-state index contributed by atoms with van der Waals surface area (Å²) in [7, 11) is -2.36. The number of nitrogens with zero attached hydrogens (tertiary/aromatic N) is 1. The maximum atomic E-state index is 12.7. The minimum atomic E-state index is -3.76. The zero-order valence-corrected chi connectivity index (χ0v) is 15.4. The van der Waals surface area contributed by atoms with Gasteiger partial charge in [-0.25, -0.2) is 13.2 Å². The lowest BCUT2D eigenvalue weighted by molar-refractivity contribution is -0.127. The predicted octanol–water partition coefficient (Wildman–Crippen LogP) is 2.50. The van der Waals surface area contributed by atoms with E-state index in [1.165, 1.54) is 31.3 Å². The standard InChI is InChI=1S/C18H19NO6S/c1-18(2)24-15-10-13(20)9-12(16(15)17(21)25-18)11-19(3)26(22,23)14-7-5-4-6-8-14/h4-10,20H,11H2,1-3H3. The van der Waals surface area contributed by atoms with E-state index in [4.69, 9.17) is 9.47 Å². The number of cyclic esters (lactones) is 1. The largest absolute Gasteiger partial charge is 0.508 e. The molecule has 0 atom stereocenters. The number of aromatic hydroxyl groups is 1. The second-order valence-electron chi connectivity index (χ2n) is 6.44. The highest BCUT2D eigenvalue weighted by Gasteiger charge is 2.36. The predicted molar refractivity (Wildman–Crippen MR) is 93.3 cm³/mol. The van der Waals surface area contributed by atoms with E-state index in [-0.39, 0.29) is 28.5 Å². The summed E-state index contributed by atoms with van der Waals surface area (Å²) in [6.07, 6.45) is 0. The summed E-state index contributed by atoms with van der Waals surface area (Å²) in [6, 6.07) is 10.6. The fraction of sp³-hybridized carbons (Fsp3) is 0.278. The van der Waals surface area contributed by atoms with Gasteiger partial charge in [-0.3, -0.25) is 0 Å². The second kappa shape index (κ2) is 6.30. The zero-order valence-electron chi connectivity index (χ0n) is 14.6. The molecule has 0 unspecified atom stereocenters. The lowest BCUT2D eigenvalue weighted by atomic mass is 10.0. The highest BCUT2D eigenvalue weighted by molar-refractivity contribution is 7.89. The first-order valence-corrected chi connectivity index (χ1v) is 9.34. The molecule has 0 bridgehead atoms. The summed E-state index contributed by atoms with van der Waals surface area (Å²) in [6.45, 7) is 3.01. The maximum Gasteiger partial charge on any atom is 0.345 e. The van der Waals surface area contributed by atoms with Crippen LogP contribution in [0.2, 0.25) is 0 Å². The highest BCUT2D eigenvalue weighted by Crippen LogP contribution is 2.37. The van der Waals surface area contributed by atoms with Gasteiger partial charge in [0.2, 0.25) is 15.8 Å². The third-order valence-corrected chi connectivity index (χ3v) is 5.73. The summed E-state index contributed by atoms with van der Waals surface area (Å²) in [5.74, 6) is -1.77. The van der Waals surface area contributed by atoms with Crippen molar-refractivity contribution in [2.45, 2.75) is 31.1 Å². The smallest absolute Gasteiger partial charge is 0.345 e. The van der Waals surface area contributed by atoms with Crippen molar-refractivity contribution in [1.29, 1.82) is 0 Å². The normalized spacial score (nSPS) is 15.9. The van der Waals surface area contributed by atoms with Crippen LogP contribution in [0.15, 0.2) is 47.4 Å². The van der Waals surface area contributed by atoms with Gasteiger partial charge >= 0.3 is 5.97 Å². The molecule has 1 heterocycles. The average molecular weight is 377 g/mol. The van der Waals surface area contributed by atoms with Crippen molar-refractivity contribution in [2.75, 3.05) is 7.05 Å². The molecule has 0 radical (unpaired) electrons. The third-order valence-electron chi connectivity index (χ3n) is 3.91. The van der Waals surface area contributed by atoms with Crippen molar-refractivity contribution in [3.63, 3.8) is 0 Å². The van der Waals surface area contributed by atoms with E-state index in [1.807, 2.05) is 0 Å². The Kier molecular flexibility index (Phi) is 4.41. The molecule has 3 rings (SSSR count). The highest BCUT2D eigenvalue weighted by atomic mass is 32.2. The minimum Gasteiger partial charge on any atom is -0.508 e. The molecule has 0 fully saturated rings. The Morgan fingerprint density at radius 2 is 1.77 bits per heavy atom. The Morgan fingerprint density at radius 1 is 1.12 bits per heavy atom. The topological polar surface area (TPSA) is 93.1 Å². The number of phenols is 1. The Labute approximate surface area is 151 Å². The SMILES string of the molecule is CN(Cc1cc(O)cc2c1C(=O)OC(C)(C)O2)S(=O)(=O)c1ccccc1. The summed E-state index contributed by atoms with van der Waals surface area (Å²) in [4.78, 5) is 12.5. The molecule has 1 aliphatic rings. The summed E-state index contributed by atoms with van der Waals surface area (Å²) in [5, 5.41) is 9.96. The van der Waals surface area contributed by atoms with Crippen molar-refractivity contribution < 1.29 is 27.8 Å². The summed E-state index contributed by atoms with van der Waals surface area (Å²) in [5.41, 5.74) is 0.403. The number of rotatable bonds is 4. The van der Waals surface area contributed by atoms with Crippen molar-refractivity contribution >= 4 is 16.0 Å². The van der Waals surface area contributed by atoms with Crippen LogP contribution >= 0.6 is 0 Å². The molecule has 7 nitrogen and oxygen atoms in total. The van der Waals surface area contributed by atoms with Gasteiger partial charge in [-0.2, -0.15) is 4.31 Å². The Balaban J connectivity index is 1.99. The molecule has 2 aromatic carbocycles. The van der Waals surface area contributed by atoms with Gasteiger partial charge in [0.05, 0.1) is 4.90 Å². The average Bonchev–Trinajstić information content (AvgIpc) is 2.53. The molecule has 0 saturated carbocycles. The van der Waals surface area contributed by atoms with Crippen molar-refractivity contribution in [3.8, 4) is 11.5 Å². The number of hydrogen-bond acceptors (Lipinski definition) is 6. The Morgan fingerprint density at radius 3 is 2.42 bits per heavy atom. The van der Waals surface area contributed by atoms with Crippen LogP contribution in [0.3, 0.4) is 0 Å². The van der Waals surface area contributed by atoms with Gasteiger partial charge in [0.15, 0.2) is 0 Å². The van der Waals surface area contributed by atoms with Gasteiger partial charge in [0.1, 0.15) is 17.1 Å². The second-order valence-corrected chi connectivity index (χ2v) is 8.49. The van der Waals surface area contributed by atoms with E-state index in [1.54, 1.807) is 32.0 Å². The molecule has 0 spiro atoms. The number of carbonyl (C=O) groups is 1. The lowest BCUT2D eigenvalue weighted by Gasteiger charge is -2.33. The molecule has 8 heteroatoms. The van der Waals surface area contributed by atoms with E-state index >= 15 is 0 Å². The van der Waals surface area contributed by atoms with Gasteiger partial charge in [-0.05, 0) is 23.8 Å². The number of fused-ring (bicyclic) bond motifs is 1. The van der Waals surface area contributed by atoms with Crippen LogP contribution in [0.5, 0.6) is 11.5 Å². The van der Waals surface area contributed by atoms with Crippen LogP contribution < -0.4 is 4.74 Å². The van der Waals surface area contributed by atoms with Crippen molar-refractivity contribution in [3.05, 3.63) is 53.6 Å². The van der Waals surface area contributed by atoms with Gasteiger partial charge in [-0.15, -0.1) is 0 Å². The van der Waals surface area contributed by atoms with E-state index < -0.39 is 21.8 Å². The van der Waals surface area contributed by atoms with Crippen LogP contribution in [-0.4, -0.2) is 36.6 Å². The van der Waals surface area contributed by atoms with Crippen LogP contribution in [0.1, 0.15) is 29.8 Å². The molecule has 138 valence electrons. The zero-order chi connectivity index (χ0) is 19.1. The molecule has 26 heavy (non-hydrogen) atoms. The maximum absolute atomic E-state index is 12.7. The number of phenolic OH excluding ortho intramolecular Hbond substituents is 1. The van der Waals surface area contributed by atoms with Gasteiger partial charge in [-0.1, -0.05) is 18.2 Å². The molecule has 2 aromatic rings. The molecular formula is C18H19NO6S. The fourth-order valence-corrected chi connectivity index (χ4v) is 3.92. The minimum absolute atomic E-state index is 0.109. The number of benzene rings is 2. The first-order valence-electron chi connectivity index (χ1n) is 7.90. The molecule has 0 saturated heterocycles. The summed E-state index contributed by atoms with van der Waals surface area (Å²) >= 11 is 0. The van der Waals surface area contributed by atoms with Gasteiger partial charge in [0, 0.05) is 33.5 Å². The molecule has 0 aliphatic carbocycles. The first kappa shape index (κ1) is 18.2. The van der Waals surface area contributed by atoms with Crippen LogP contribution in [0.4, 0.5) is 0 Å². The monoisotopic (exact) mass is 377 g/mol. The van der Waals surface area contributed by atoms with Crippen LogP contribution in [0, 0.1) is 0 Å². The number of carbonyl (C=O) groups excluding carboxylic acids is 1. The number of sulfonamides is 1. The lowest BCUT2D eigenvalue weighted by Crippen LogP contribution is -2.39. The third kappa shape index (κ3) is 3.38. The van der Waals surface area contributed by atoms with Gasteiger partial charge in [0.25, 0.3) is 0 Å². The molecule has 0 aromatic heterocycles. The Hall–Kier alpha value is -2.58. The van der Waals surface area contributed by atoms with Crippen molar-refractivity contribution in [2.24, 2.45) is 0 Å². The Bertz CT molecular complexity index is 953. The first-order chi connectivity index (χ1) is 12.1. The van der Waals surface area contributed by atoms with Gasteiger partial charge < -0.3 is 14.6 Å². The fourth-order valence-electron chi connectivity index (χ4n) is 2.75. The van der Waals surface area contributed by atoms with E-state index in [0.717, 1.165) is 4.31 Å². The van der Waals surface area contributed by atoms with E-state index in [0.29, 0.717) is 5.56 Å². The van der Waals surface area contributed by atoms with Crippen LogP contribution in [0.25, 0.3) is 0 Å². The summed E-state index contributed by atoms with van der Waals surface area (Å²) < 4.78 is 37.3. The number of ether oxygens (including phenoxy) is 2. The molecule has 1 N–H and O–H groups in total. The molecule has 0 amide bonds. The molecular weight excluding hydrogens is 358 g/mol. The molecule has 1 aliphatic heterocycles. The van der Waals surface area contributed by atoms with Crippen LogP contribution in [-0.2, 0) is 21.3 Å². The van der Waals surface area contributed by atoms with E-state index in [2.05, 4.69) is 0 Å². The number of hydrogen-bond donors (Lipinski definition) is 1. The van der Waals surface area contributed by atoms with Crippen molar-refractivity contribution in [1.82, 2.24) is 4.31 Å².